The van der Waals surface area contributed by atoms with Crippen molar-refractivity contribution >= 4 is 22.1 Å². The Kier molecular flexibility index (Phi) is 5.07. The highest BCUT2D eigenvalue weighted by Gasteiger charge is 2.19. The summed E-state index contributed by atoms with van der Waals surface area (Å²) < 4.78 is 17.1. The smallest absolute Gasteiger partial charge is 0.180 e. The van der Waals surface area contributed by atoms with Gasteiger partial charge in [-0.05, 0) is 68.2 Å². The van der Waals surface area contributed by atoms with E-state index in [1.54, 1.807) is 18.7 Å². The molecule has 0 atom stereocenters. The van der Waals surface area contributed by atoms with Crippen molar-refractivity contribution in [1.82, 2.24) is 44.6 Å². The summed E-state index contributed by atoms with van der Waals surface area (Å²) in [5.74, 6) is 0.135. The van der Waals surface area contributed by atoms with Gasteiger partial charge in [-0.2, -0.15) is 5.10 Å². The summed E-state index contributed by atoms with van der Waals surface area (Å²) in [5, 5.41) is 7.87. The number of nitrogens with zero attached hydrogens (tertiary/aromatic N) is 7. The van der Waals surface area contributed by atoms with Crippen molar-refractivity contribution < 1.29 is 4.39 Å². The summed E-state index contributed by atoms with van der Waals surface area (Å²) in [7, 11) is 0. The average Bonchev–Trinajstić information content (AvgIpc) is 3.70. The van der Waals surface area contributed by atoms with E-state index in [0.717, 1.165) is 53.2 Å². The van der Waals surface area contributed by atoms with E-state index in [1.165, 1.54) is 18.9 Å². The monoisotopic (exact) mass is 493 g/mol. The minimum absolute atomic E-state index is 0.263. The number of likely N-dealkylation sites (tertiary alicyclic amines) is 1. The van der Waals surface area contributed by atoms with Gasteiger partial charge in [0.1, 0.15) is 16.7 Å². The van der Waals surface area contributed by atoms with E-state index >= 15 is 4.39 Å². The summed E-state index contributed by atoms with van der Waals surface area (Å²) in [6.45, 7) is 5.01. The first-order chi connectivity index (χ1) is 18.1. The molecule has 0 radical (unpaired) electrons. The van der Waals surface area contributed by atoms with Gasteiger partial charge < -0.3 is 9.55 Å². The number of fused-ring (bicyclic) bond motifs is 2. The van der Waals surface area contributed by atoms with Crippen molar-refractivity contribution in [2.75, 3.05) is 13.1 Å². The van der Waals surface area contributed by atoms with Crippen LogP contribution < -0.4 is 0 Å². The molecule has 6 aromatic rings. The molecule has 0 saturated carbocycles. The zero-order valence-corrected chi connectivity index (χ0v) is 20.2. The number of hydrogen-bond donors (Lipinski definition) is 2. The van der Waals surface area contributed by atoms with E-state index in [9.17, 15) is 0 Å². The summed E-state index contributed by atoms with van der Waals surface area (Å²) in [4.78, 5) is 23.7. The van der Waals surface area contributed by atoms with Crippen molar-refractivity contribution in [1.29, 1.82) is 0 Å². The van der Waals surface area contributed by atoms with E-state index in [0.29, 0.717) is 22.6 Å². The Hall–Kier alpha value is -4.44. The second-order valence-electron chi connectivity index (χ2n) is 9.55. The largest absolute Gasteiger partial charge is 0.334 e. The van der Waals surface area contributed by atoms with Gasteiger partial charge in [0.25, 0.3) is 0 Å². The number of benzene rings is 1. The van der Waals surface area contributed by atoms with Crippen LogP contribution in [0.1, 0.15) is 24.1 Å². The molecule has 7 rings (SSSR count). The number of aryl methyl sites for hydroxylation is 1. The standard InChI is InChI=1S/C27H24FN9/c1-16-13-37(15-31-16)22-4-5-30-26-25(22)32-27(33-26)24-20-9-18(10-21(28)23(20)34-35-24)19-8-17(11-29-12-19)14-36-6-2-3-7-36/h4-5,8-13,15H,2-3,6-7,14H2,1H3,(H,34,35)(H,30,32,33). The van der Waals surface area contributed by atoms with Gasteiger partial charge in [-0.3, -0.25) is 15.0 Å². The lowest BCUT2D eigenvalue weighted by molar-refractivity contribution is 0.331. The SMILES string of the molecule is Cc1cn(-c2ccnc3nc(-c4[nH]nc5c(F)cc(-c6cncc(CN7CCCC7)c6)cc45)[nH]c23)cn1. The number of imidazole rings is 2. The van der Waals surface area contributed by atoms with E-state index in [2.05, 4.69) is 46.1 Å². The summed E-state index contributed by atoms with van der Waals surface area (Å²) in [6.07, 6.45) is 11.5. The predicted molar refractivity (Wildman–Crippen MR) is 139 cm³/mol. The maximum atomic E-state index is 15.2. The molecule has 1 aliphatic rings. The summed E-state index contributed by atoms with van der Waals surface area (Å²) >= 11 is 0. The van der Waals surface area contributed by atoms with Crippen LogP contribution in [0.3, 0.4) is 0 Å². The molecule has 1 fully saturated rings. The molecule has 37 heavy (non-hydrogen) atoms. The number of hydrogen-bond acceptors (Lipinski definition) is 6. The van der Waals surface area contributed by atoms with Gasteiger partial charge >= 0.3 is 0 Å². The highest BCUT2D eigenvalue weighted by Crippen LogP contribution is 2.33. The fraction of sp³-hybridized carbons (Fsp3) is 0.222. The Morgan fingerprint density at radius 2 is 1.95 bits per heavy atom. The lowest BCUT2D eigenvalue weighted by Crippen LogP contribution is -2.18. The Balaban J connectivity index is 1.31. The molecule has 1 aromatic carbocycles. The molecule has 0 amide bonds. The Labute approximate surface area is 211 Å². The minimum Gasteiger partial charge on any atom is -0.334 e. The van der Waals surface area contributed by atoms with Gasteiger partial charge in [-0.25, -0.2) is 19.3 Å². The number of pyridine rings is 2. The number of aromatic nitrogens is 8. The molecule has 0 bridgehead atoms. The van der Waals surface area contributed by atoms with Gasteiger partial charge in [0.2, 0.25) is 0 Å². The zero-order valence-electron chi connectivity index (χ0n) is 20.2. The molecular formula is C27H24FN9. The lowest BCUT2D eigenvalue weighted by atomic mass is 10.0. The molecule has 1 saturated heterocycles. The molecule has 9 nitrogen and oxygen atoms in total. The van der Waals surface area contributed by atoms with Gasteiger partial charge in [-0.15, -0.1) is 0 Å². The Bertz CT molecular complexity index is 1760. The molecule has 6 heterocycles. The number of aromatic amines is 2. The predicted octanol–water partition coefficient (Wildman–Crippen LogP) is 4.79. The molecule has 10 heteroatoms. The van der Waals surface area contributed by atoms with Gasteiger partial charge in [0.15, 0.2) is 17.3 Å². The van der Waals surface area contributed by atoms with Gasteiger partial charge in [0, 0.05) is 42.3 Å². The van der Waals surface area contributed by atoms with Crippen LogP contribution in [-0.2, 0) is 6.54 Å². The molecular weight excluding hydrogens is 469 g/mol. The number of halogens is 1. The third-order valence-corrected chi connectivity index (χ3v) is 6.94. The Morgan fingerprint density at radius 1 is 1.05 bits per heavy atom. The minimum atomic E-state index is -0.399. The first-order valence-corrected chi connectivity index (χ1v) is 12.3. The van der Waals surface area contributed by atoms with Crippen LogP contribution in [0.2, 0.25) is 0 Å². The van der Waals surface area contributed by atoms with Crippen molar-refractivity contribution in [3.8, 4) is 28.3 Å². The maximum absolute atomic E-state index is 15.2. The molecule has 1 aliphatic heterocycles. The normalized spacial score (nSPS) is 14.3. The highest BCUT2D eigenvalue weighted by atomic mass is 19.1. The molecule has 0 spiro atoms. The van der Waals surface area contributed by atoms with Crippen LogP contribution in [0.25, 0.3) is 50.4 Å². The van der Waals surface area contributed by atoms with Crippen LogP contribution in [0, 0.1) is 12.7 Å². The van der Waals surface area contributed by atoms with Gasteiger partial charge in [0.05, 0.1) is 17.7 Å². The third-order valence-electron chi connectivity index (χ3n) is 6.94. The quantitative estimate of drug-likeness (QED) is 0.358. The van der Waals surface area contributed by atoms with Crippen LogP contribution >= 0.6 is 0 Å². The fourth-order valence-corrected chi connectivity index (χ4v) is 5.14. The Morgan fingerprint density at radius 3 is 2.78 bits per heavy atom. The molecule has 0 aliphatic carbocycles. The highest BCUT2D eigenvalue weighted by molar-refractivity contribution is 5.96. The van der Waals surface area contributed by atoms with E-state index in [1.807, 2.05) is 36.0 Å². The van der Waals surface area contributed by atoms with Crippen LogP contribution in [-0.4, -0.2) is 57.7 Å². The number of H-pyrrole nitrogens is 2. The molecule has 0 unspecified atom stereocenters. The van der Waals surface area contributed by atoms with E-state index < -0.39 is 5.82 Å². The second kappa shape index (κ2) is 8.59. The van der Waals surface area contributed by atoms with Crippen molar-refractivity contribution in [3.63, 3.8) is 0 Å². The van der Waals surface area contributed by atoms with Crippen molar-refractivity contribution in [2.24, 2.45) is 0 Å². The van der Waals surface area contributed by atoms with E-state index in [4.69, 9.17) is 0 Å². The first kappa shape index (κ1) is 21.8. The summed E-state index contributed by atoms with van der Waals surface area (Å²) in [5.41, 5.74) is 6.69. The maximum Gasteiger partial charge on any atom is 0.180 e. The van der Waals surface area contributed by atoms with Crippen molar-refractivity contribution in [2.45, 2.75) is 26.3 Å². The lowest BCUT2D eigenvalue weighted by Gasteiger charge is -2.14. The van der Waals surface area contributed by atoms with Crippen LogP contribution in [0.15, 0.2) is 55.4 Å². The van der Waals surface area contributed by atoms with Crippen LogP contribution in [0.4, 0.5) is 4.39 Å². The second-order valence-corrected chi connectivity index (χ2v) is 9.55. The van der Waals surface area contributed by atoms with Gasteiger partial charge in [-0.1, -0.05) is 0 Å². The molecule has 5 aromatic heterocycles. The first-order valence-electron chi connectivity index (χ1n) is 12.3. The van der Waals surface area contributed by atoms with E-state index in [-0.39, 0.29) is 5.52 Å². The fourth-order valence-electron chi connectivity index (χ4n) is 5.14. The number of nitrogens with one attached hydrogen (secondary N) is 2. The topological polar surface area (TPSA) is 104 Å². The summed E-state index contributed by atoms with van der Waals surface area (Å²) in [6, 6.07) is 7.45. The van der Waals surface area contributed by atoms with Crippen molar-refractivity contribution in [3.05, 3.63) is 72.5 Å². The third kappa shape index (κ3) is 3.86. The van der Waals surface area contributed by atoms with Crippen LogP contribution in [0.5, 0.6) is 0 Å². The zero-order chi connectivity index (χ0) is 24.9. The molecule has 2 N–H and O–H groups in total. The number of rotatable bonds is 5. The molecule has 184 valence electrons. The average molecular weight is 494 g/mol.